The Balaban J connectivity index is 2.20. The van der Waals surface area contributed by atoms with Crippen molar-refractivity contribution >= 4 is 29.2 Å². The molecular formula is C12H13Cl2NO3. The average molecular weight is 290 g/mol. The standard InChI is InChI=1S/C12H13Cl2NO3/c13-9-2-1-3-10(14)8(9)6-15-5-7(16)4-11(15)12(17)18/h1-3,7,11,16H,4-6H2,(H,17,18). The molecule has 2 unspecified atom stereocenters. The predicted octanol–water partition coefficient (Wildman–Crippen LogP) is 2.01. The molecule has 1 fully saturated rings. The van der Waals surface area contributed by atoms with Crippen molar-refractivity contribution < 1.29 is 15.0 Å². The minimum atomic E-state index is -0.935. The first-order chi connectivity index (χ1) is 8.49. The molecule has 1 aromatic carbocycles. The molecule has 2 rings (SSSR count). The molecule has 1 aliphatic rings. The number of rotatable bonds is 3. The Kier molecular flexibility index (Phi) is 4.12. The van der Waals surface area contributed by atoms with E-state index in [-0.39, 0.29) is 6.42 Å². The Morgan fingerprint density at radius 1 is 1.39 bits per heavy atom. The number of aliphatic hydroxyl groups excluding tert-OH is 1. The Hall–Kier alpha value is -0.810. The zero-order valence-corrected chi connectivity index (χ0v) is 11.0. The van der Waals surface area contributed by atoms with E-state index in [2.05, 4.69) is 0 Å². The van der Waals surface area contributed by atoms with Crippen LogP contribution in [0.1, 0.15) is 12.0 Å². The van der Waals surface area contributed by atoms with E-state index in [9.17, 15) is 9.90 Å². The Labute approximate surface area is 115 Å². The van der Waals surface area contributed by atoms with E-state index in [0.29, 0.717) is 28.7 Å². The Morgan fingerprint density at radius 2 is 2.00 bits per heavy atom. The van der Waals surface area contributed by atoms with Gasteiger partial charge in [0.25, 0.3) is 0 Å². The van der Waals surface area contributed by atoms with Crippen LogP contribution in [0.3, 0.4) is 0 Å². The molecule has 0 bridgehead atoms. The van der Waals surface area contributed by atoms with Crippen LogP contribution < -0.4 is 0 Å². The van der Waals surface area contributed by atoms with Crippen LogP contribution in [0, 0.1) is 0 Å². The fourth-order valence-corrected chi connectivity index (χ4v) is 2.71. The molecule has 1 aliphatic heterocycles. The van der Waals surface area contributed by atoms with Crippen LogP contribution in [-0.4, -0.2) is 39.8 Å². The molecular weight excluding hydrogens is 277 g/mol. The van der Waals surface area contributed by atoms with E-state index in [0.717, 1.165) is 0 Å². The topological polar surface area (TPSA) is 60.8 Å². The number of benzene rings is 1. The molecule has 1 aromatic rings. The van der Waals surface area contributed by atoms with Gasteiger partial charge in [0.1, 0.15) is 6.04 Å². The summed E-state index contributed by atoms with van der Waals surface area (Å²) in [6.45, 7) is 0.644. The number of hydrogen-bond donors (Lipinski definition) is 2. The van der Waals surface area contributed by atoms with Gasteiger partial charge in [0.05, 0.1) is 6.10 Å². The van der Waals surface area contributed by atoms with Crippen molar-refractivity contribution in [1.82, 2.24) is 4.90 Å². The first-order valence-electron chi connectivity index (χ1n) is 5.57. The van der Waals surface area contributed by atoms with Crippen molar-refractivity contribution in [3.8, 4) is 0 Å². The molecule has 1 saturated heterocycles. The quantitative estimate of drug-likeness (QED) is 0.894. The molecule has 1 heterocycles. The molecule has 0 spiro atoms. The maximum Gasteiger partial charge on any atom is 0.321 e. The second-order valence-corrected chi connectivity index (χ2v) is 5.19. The maximum absolute atomic E-state index is 11.1. The van der Waals surface area contributed by atoms with Gasteiger partial charge in [-0.05, 0) is 12.1 Å². The van der Waals surface area contributed by atoms with Gasteiger partial charge in [0, 0.05) is 35.1 Å². The van der Waals surface area contributed by atoms with E-state index < -0.39 is 18.1 Å². The van der Waals surface area contributed by atoms with Crippen molar-refractivity contribution in [1.29, 1.82) is 0 Å². The van der Waals surface area contributed by atoms with Crippen molar-refractivity contribution in [2.45, 2.75) is 25.1 Å². The van der Waals surface area contributed by atoms with E-state index in [1.807, 2.05) is 0 Å². The van der Waals surface area contributed by atoms with Crippen LogP contribution in [0.2, 0.25) is 10.0 Å². The summed E-state index contributed by atoms with van der Waals surface area (Å²) in [6, 6.07) is 4.48. The van der Waals surface area contributed by atoms with Crippen LogP contribution >= 0.6 is 23.2 Å². The number of halogens is 2. The SMILES string of the molecule is O=C(O)C1CC(O)CN1Cc1c(Cl)cccc1Cl. The van der Waals surface area contributed by atoms with Crippen molar-refractivity contribution in [3.05, 3.63) is 33.8 Å². The Bertz CT molecular complexity index is 446. The maximum atomic E-state index is 11.1. The summed E-state index contributed by atoms with van der Waals surface area (Å²) >= 11 is 12.1. The second-order valence-electron chi connectivity index (χ2n) is 4.37. The summed E-state index contributed by atoms with van der Waals surface area (Å²) in [5.74, 6) is -0.935. The van der Waals surface area contributed by atoms with Crippen LogP contribution in [0.4, 0.5) is 0 Å². The summed E-state index contributed by atoms with van der Waals surface area (Å²) in [4.78, 5) is 12.8. The summed E-state index contributed by atoms with van der Waals surface area (Å²) in [5.41, 5.74) is 0.696. The summed E-state index contributed by atoms with van der Waals surface area (Å²) < 4.78 is 0. The van der Waals surface area contributed by atoms with E-state index in [4.69, 9.17) is 28.3 Å². The molecule has 0 amide bonds. The number of carbonyl (C=O) groups is 1. The van der Waals surface area contributed by atoms with E-state index in [1.165, 1.54) is 0 Å². The number of likely N-dealkylation sites (tertiary alicyclic amines) is 1. The summed E-state index contributed by atoms with van der Waals surface area (Å²) in [5, 5.41) is 19.7. The average Bonchev–Trinajstić information content (AvgIpc) is 2.65. The summed E-state index contributed by atoms with van der Waals surface area (Å²) in [6.07, 6.45) is -0.385. The van der Waals surface area contributed by atoms with Crippen LogP contribution in [0.25, 0.3) is 0 Å². The molecule has 2 N–H and O–H groups in total. The molecule has 4 nitrogen and oxygen atoms in total. The van der Waals surface area contributed by atoms with Gasteiger partial charge in [-0.2, -0.15) is 0 Å². The highest BCUT2D eigenvalue weighted by atomic mass is 35.5. The van der Waals surface area contributed by atoms with Crippen LogP contribution in [0.15, 0.2) is 18.2 Å². The summed E-state index contributed by atoms with van der Waals surface area (Å²) in [7, 11) is 0. The first-order valence-corrected chi connectivity index (χ1v) is 6.32. The first kappa shape index (κ1) is 13.6. The van der Waals surface area contributed by atoms with Gasteiger partial charge in [0.15, 0.2) is 0 Å². The lowest BCUT2D eigenvalue weighted by Crippen LogP contribution is -2.35. The molecule has 0 aliphatic carbocycles. The molecule has 2 atom stereocenters. The van der Waals surface area contributed by atoms with Gasteiger partial charge in [-0.3, -0.25) is 9.69 Å². The minimum Gasteiger partial charge on any atom is -0.480 e. The van der Waals surface area contributed by atoms with Gasteiger partial charge >= 0.3 is 5.97 Å². The third kappa shape index (κ3) is 2.78. The number of aliphatic hydroxyl groups is 1. The van der Waals surface area contributed by atoms with E-state index >= 15 is 0 Å². The van der Waals surface area contributed by atoms with Crippen LogP contribution in [0.5, 0.6) is 0 Å². The lowest BCUT2D eigenvalue weighted by atomic mass is 10.1. The van der Waals surface area contributed by atoms with Crippen molar-refractivity contribution in [3.63, 3.8) is 0 Å². The molecule has 98 valence electrons. The number of carboxylic acids is 1. The lowest BCUT2D eigenvalue weighted by Gasteiger charge is -2.21. The smallest absolute Gasteiger partial charge is 0.321 e. The highest BCUT2D eigenvalue weighted by Crippen LogP contribution is 2.29. The third-order valence-corrected chi connectivity index (χ3v) is 3.80. The minimum absolute atomic E-state index is 0.234. The Morgan fingerprint density at radius 3 is 2.56 bits per heavy atom. The number of hydrogen-bond acceptors (Lipinski definition) is 3. The third-order valence-electron chi connectivity index (χ3n) is 3.09. The fraction of sp³-hybridized carbons (Fsp3) is 0.417. The second kappa shape index (κ2) is 5.45. The zero-order valence-electron chi connectivity index (χ0n) is 9.51. The van der Waals surface area contributed by atoms with Gasteiger partial charge in [-0.25, -0.2) is 0 Å². The number of aliphatic carboxylic acids is 1. The van der Waals surface area contributed by atoms with Gasteiger partial charge in [0.2, 0.25) is 0 Å². The highest BCUT2D eigenvalue weighted by Gasteiger charge is 2.36. The molecule has 6 heteroatoms. The molecule has 18 heavy (non-hydrogen) atoms. The van der Waals surface area contributed by atoms with Crippen LogP contribution in [-0.2, 0) is 11.3 Å². The number of carboxylic acid groups (broad SMARTS) is 1. The highest BCUT2D eigenvalue weighted by molar-refractivity contribution is 6.35. The predicted molar refractivity (Wildman–Crippen MR) is 68.9 cm³/mol. The van der Waals surface area contributed by atoms with Gasteiger partial charge in [-0.1, -0.05) is 29.3 Å². The molecule has 0 saturated carbocycles. The monoisotopic (exact) mass is 289 g/mol. The van der Waals surface area contributed by atoms with Gasteiger partial charge in [-0.15, -0.1) is 0 Å². The van der Waals surface area contributed by atoms with Gasteiger partial charge < -0.3 is 10.2 Å². The van der Waals surface area contributed by atoms with E-state index in [1.54, 1.807) is 23.1 Å². The zero-order chi connectivity index (χ0) is 13.3. The van der Waals surface area contributed by atoms with Crippen molar-refractivity contribution in [2.24, 2.45) is 0 Å². The normalized spacial score (nSPS) is 24.4. The largest absolute Gasteiger partial charge is 0.480 e. The molecule has 0 radical (unpaired) electrons. The fourth-order valence-electron chi connectivity index (χ4n) is 2.20. The lowest BCUT2D eigenvalue weighted by molar-refractivity contribution is -0.142. The molecule has 0 aromatic heterocycles. The number of nitrogens with zero attached hydrogens (tertiary/aromatic N) is 1. The number of β-amino-alcohol motifs (C(OH)–C–C–N with tert-alkyl or cyclic N) is 1. The van der Waals surface area contributed by atoms with Crippen molar-refractivity contribution in [2.75, 3.05) is 6.54 Å².